The van der Waals surface area contributed by atoms with Gasteiger partial charge in [-0.1, -0.05) is 297 Å². The number of allylic oxidation sites excluding steroid dienone is 18. The Morgan fingerprint density at radius 1 is 0.276 bits per heavy atom. The fourth-order valence-electron chi connectivity index (χ4n) is 8.79. The number of hydrogen-bond acceptors (Lipinski definition) is 6. The quantitative estimate of drug-likeness (QED) is 0.0261. The first-order valence-electron chi connectivity index (χ1n) is 31.9. The minimum absolute atomic E-state index is 0.0821. The van der Waals surface area contributed by atoms with Crippen molar-refractivity contribution in [3.8, 4) is 0 Å². The van der Waals surface area contributed by atoms with E-state index in [1.165, 1.54) is 122 Å². The fraction of sp³-hybridized carbons (Fsp3) is 0.700. The molecule has 0 amide bonds. The van der Waals surface area contributed by atoms with Gasteiger partial charge in [-0.3, -0.25) is 14.4 Å². The van der Waals surface area contributed by atoms with Crippen molar-refractivity contribution >= 4 is 17.9 Å². The van der Waals surface area contributed by atoms with Gasteiger partial charge in [0.2, 0.25) is 0 Å². The average Bonchev–Trinajstić information content (AvgIpc) is 3.42. The topological polar surface area (TPSA) is 78.9 Å². The second-order valence-electron chi connectivity index (χ2n) is 21.0. The van der Waals surface area contributed by atoms with Crippen LogP contribution in [0.25, 0.3) is 0 Å². The molecular formula is C70H118O6. The first-order valence-corrected chi connectivity index (χ1v) is 31.9. The molecule has 0 bridgehead atoms. The molecule has 0 radical (unpaired) electrons. The molecule has 0 rings (SSSR count). The van der Waals surface area contributed by atoms with Crippen molar-refractivity contribution < 1.29 is 28.6 Å². The molecule has 0 saturated heterocycles. The maximum atomic E-state index is 12.8. The van der Waals surface area contributed by atoms with Gasteiger partial charge in [-0.05, 0) is 89.9 Å². The summed E-state index contributed by atoms with van der Waals surface area (Å²) in [7, 11) is 0. The van der Waals surface area contributed by atoms with Gasteiger partial charge in [0.1, 0.15) is 13.2 Å². The van der Waals surface area contributed by atoms with Crippen LogP contribution >= 0.6 is 0 Å². The molecule has 434 valence electrons. The Morgan fingerprint density at radius 3 is 0.803 bits per heavy atom. The van der Waals surface area contributed by atoms with Crippen LogP contribution in [0.1, 0.15) is 297 Å². The summed E-state index contributed by atoms with van der Waals surface area (Å²) in [6, 6.07) is 0. The largest absolute Gasteiger partial charge is 0.462 e. The first-order chi connectivity index (χ1) is 37.5. The summed E-state index contributed by atoms with van der Waals surface area (Å²) in [5.74, 6) is -0.904. The smallest absolute Gasteiger partial charge is 0.306 e. The molecule has 0 aliphatic heterocycles. The Balaban J connectivity index is 4.14. The Hall–Kier alpha value is -3.93. The molecule has 0 aromatic rings. The van der Waals surface area contributed by atoms with Crippen molar-refractivity contribution in [1.82, 2.24) is 0 Å². The lowest BCUT2D eigenvalue weighted by molar-refractivity contribution is -0.167. The number of rotatable bonds is 57. The van der Waals surface area contributed by atoms with Crippen molar-refractivity contribution in [2.45, 2.75) is 303 Å². The van der Waals surface area contributed by atoms with Crippen LogP contribution in [0.2, 0.25) is 0 Å². The zero-order valence-corrected chi connectivity index (χ0v) is 49.7. The van der Waals surface area contributed by atoms with E-state index in [9.17, 15) is 14.4 Å². The van der Waals surface area contributed by atoms with Gasteiger partial charge in [-0.2, -0.15) is 0 Å². The van der Waals surface area contributed by atoms with Crippen LogP contribution in [0, 0.1) is 0 Å². The van der Waals surface area contributed by atoms with Gasteiger partial charge in [0.05, 0.1) is 0 Å². The number of esters is 3. The van der Waals surface area contributed by atoms with Gasteiger partial charge in [0, 0.05) is 19.3 Å². The summed E-state index contributed by atoms with van der Waals surface area (Å²) in [6.45, 7) is 6.47. The second-order valence-corrected chi connectivity index (χ2v) is 21.0. The van der Waals surface area contributed by atoms with Gasteiger partial charge in [-0.25, -0.2) is 0 Å². The number of carbonyl (C=O) groups excluding carboxylic acids is 3. The third kappa shape index (κ3) is 60.9. The Labute approximate surface area is 470 Å². The van der Waals surface area contributed by atoms with Crippen LogP contribution in [-0.4, -0.2) is 37.2 Å². The zero-order chi connectivity index (χ0) is 55.0. The van der Waals surface area contributed by atoms with Gasteiger partial charge >= 0.3 is 17.9 Å². The molecule has 0 saturated carbocycles. The molecule has 0 spiro atoms. The predicted molar refractivity (Wildman–Crippen MR) is 330 cm³/mol. The minimum atomic E-state index is -0.782. The minimum Gasteiger partial charge on any atom is -0.462 e. The molecule has 76 heavy (non-hydrogen) atoms. The summed E-state index contributed by atoms with van der Waals surface area (Å²) >= 11 is 0. The molecule has 0 aromatic heterocycles. The molecule has 0 aliphatic rings. The van der Waals surface area contributed by atoms with Gasteiger partial charge in [0.15, 0.2) is 6.10 Å². The van der Waals surface area contributed by atoms with E-state index in [1.807, 2.05) is 0 Å². The van der Waals surface area contributed by atoms with E-state index in [2.05, 4.69) is 130 Å². The summed E-state index contributed by atoms with van der Waals surface area (Å²) in [6.07, 6.45) is 87.0. The SMILES string of the molecule is CC/C=C\C/C=C\C/C=C\C/C=C\C/C=C\C/C=C\C/C=C\C/C=C\C/C=C\CCCCCCCC(=O)OCC(COC(=O)CCCCCCCC)OC(=O)CCCCCCCCCCCCCCCCCCCCC. The van der Waals surface area contributed by atoms with E-state index >= 15 is 0 Å². The van der Waals surface area contributed by atoms with E-state index < -0.39 is 6.10 Å². The van der Waals surface area contributed by atoms with Crippen molar-refractivity contribution in [2.24, 2.45) is 0 Å². The van der Waals surface area contributed by atoms with E-state index in [-0.39, 0.29) is 31.1 Å². The second kappa shape index (κ2) is 63.6. The zero-order valence-electron chi connectivity index (χ0n) is 49.7. The van der Waals surface area contributed by atoms with Crippen LogP contribution in [0.4, 0.5) is 0 Å². The first kappa shape index (κ1) is 72.1. The molecule has 6 heteroatoms. The van der Waals surface area contributed by atoms with Crippen LogP contribution < -0.4 is 0 Å². The maximum Gasteiger partial charge on any atom is 0.306 e. The summed E-state index contributed by atoms with van der Waals surface area (Å²) in [4.78, 5) is 38.0. The predicted octanol–water partition coefficient (Wildman–Crippen LogP) is 21.8. The van der Waals surface area contributed by atoms with Crippen LogP contribution in [0.3, 0.4) is 0 Å². The van der Waals surface area contributed by atoms with Gasteiger partial charge < -0.3 is 14.2 Å². The third-order valence-electron chi connectivity index (χ3n) is 13.5. The molecule has 0 heterocycles. The Morgan fingerprint density at radius 2 is 0.513 bits per heavy atom. The number of carbonyl (C=O) groups is 3. The van der Waals surface area contributed by atoms with E-state index in [4.69, 9.17) is 14.2 Å². The normalized spacial score (nSPS) is 12.8. The molecule has 0 aliphatic carbocycles. The highest BCUT2D eigenvalue weighted by molar-refractivity contribution is 5.71. The number of ether oxygens (including phenoxy) is 3. The lowest BCUT2D eigenvalue weighted by atomic mass is 10.0. The maximum absolute atomic E-state index is 12.8. The summed E-state index contributed by atoms with van der Waals surface area (Å²) < 4.78 is 16.8. The van der Waals surface area contributed by atoms with Crippen LogP contribution in [-0.2, 0) is 28.6 Å². The number of hydrogen-bond donors (Lipinski definition) is 0. The Bertz CT molecular complexity index is 1540. The molecule has 0 aromatic carbocycles. The molecule has 1 atom stereocenters. The lowest BCUT2D eigenvalue weighted by Gasteiger charge is -2.18. The van der Waals surface area contributed by atoms with Gasteiger partial charge in [0.25, 0.3) is 0 Å². The van der Waals surface area contributed by atoms with E-state index in [0.29, 0.717) is 19.3 Å². The molecule has 0 N–H and O–H groups in total. The van der Waals surface area contributed by atoms with Crippen molar-refractivity contribution in [3.63, 3.8) is 0 Å². The van der Waals surface area contributed by atoms with Gasteiger partial charge in [-0.15, -0.1) is 0 Å². The highest BCUT2D eigenvalue weighted by Gasteiger charge is 2.19. The molecule has 0 fully saturated rings. The Kier molecular flexibility index (Phi) is 60.3. The summed E-state index contributed by atoms with van der Waals surface area (Å²) in [5, 5.41) is 0. The fourth-order valence-corrected chi connectivity index (χ4v) is 8.79. The lowest BCUT2D eigenvalue weighted by Crippen LogP contribution is -2.30. The summed E-state index contributed by atoms with van der Waals surface area (Å²) in [5.41, 5.74) is 0. The van der Waals surface area contributed by atoms with Crippen molar-refractivity contribution in [1.29, 1.82) is 0 Å². The molecule has 1 unspecified atom stereocenters. The van der Waals surface area contributed by atoms with E-state index in [0.717, 1.165) is 135 Å². The highest BCUT2D eigenvalue weighted by atomic mass is 16.6. The standard InChI is InChI=1S/C70H118O6/c1-4-7-10-13-16-18-20-22-24-26-28-29-30-31-32-33-34-35-36-37-38-39-40-41-43-44-46-48-50-52-54-57-60-63-69(72)75-66-67(65-74-68(71)62-59-56-15-12-9-6-3)76-70(73)64-61-58-55-53-51-49-47-45-42-27-25-23-21-19-17-14-11-8-5-2/h7,10,16,18,22,24,28-29,31-32,34-35,37-38,40-41,44,46,67H,4-6,8-9,11-15,17,19-21,23,25-27,30,33,36,39,42-43,45,47-66H2,1-3H3/b10-7-,18-16-,24-22-,29-28-,32-31-,35-34-,38-37-,41-40-,46-44-. The third-order valence-corrected chi connectivity index (χ3v) is 13.5. The monoisotopic (exact) mass is 1050 g/mol. The average molecular weight is 1060 g/mol. The molecular weight excluding hydrogens is 937 g/mol. The highest BCUT2D eigenvalue weighted by Crippen LogP contribution is 2.16. The van der Waals surface area contributed by atoms with Crippen molar-refractivity contribution in [2.75, 3.05) is 13.2 Å². The van der Waals surface area contributed by atoms with Crippen LogP contribution in [0.5, 0.6) is 0 Å². The number of unbranched alkanes of at least 4 members (excludes halogenated alkanes) is 28. The van der Waals surface area contributed by atoms with Crippen molar-refractivity contribution in [3.05, 3.63) is 109 Å². The van der Waals surface area contributed by atoms with E-state index in [1.54, 1.807) is 0 Å². The molecule has 6 nitrogen and oxygen atoms in total. The van der Waals surface area contributed by atoms with Crippen LogP contribution in [0.15, 0.2) is 109 Å².